The first-order valence-electron chi connectivity index (χ1n) is 6.97. The first-order valence-corrected chi connectivity index (χ1v) is 6.97. The Kier molecular flexibility index (Phi) is 5.21. The molecule has 2 atom stereocenters. The molecule has 1 saturated carbocycles. The monoisotopic (exact) mass is 238 g/mol. The van der Waals surface area contributed by atoms with E-state index in [4.69, 9.17) is 0 Å². The molecule has 0 aromatic carbocycles. The average molecular weight is 238 g/mol. The number of hydrogen-bond donors (Lipinski definition) is 1. The Morgan fingerprint density at radius 3 is 2.35 bits per heavy atom. The summed E-state index contributed by atoms with van der Waals surface area (Å²) in [6.07, 6.45) is 4.79. The molecule has 0 amide bonds. The molecule has 1 rings (SSSR count). The fourth-order valence-electron chi connectivity index (χ4n) is 2.17. The second-order valence-corrected chi connectivity index (χ2v) is 6.57. The summed E-state index contributed by atoms with van der Waals surface area (Å²) in [6, 6.07) is 1.45. The Bertz CT molecular complexity index is 238. The molecular formula is C15H30N2. The van der Waals surface area contributed by atoms with Gasteiger partial charge in [-0.15, -0.1) is 6.58 Å². The van der Waals surface area contributed by atoms with Gasteiger partial charge in [0.1, 0.15) is 0 Å². The van der Waals surface area contributed by atoms with E-state index in [0.29, 0.717) is 12.0 Å². The van der Waals surface area contributed by atoms with Crippen molar-refractivity contribution in [3.05, 3.63) is 12.7 Å². The highest BCUT2D eigenvalue weighted by atomic mass is 15.2. The number of nitrogens with zero attached hydrogens (tertiary/aromatic N) is 1. The quantitative estimate of drug-likeness (QED) is 0.686. The van der Waals surface area contributed by atoms with Gasteiger partial charge in [-0.1, -0.05) is 13.0 Å². The maximum Gasteiger partial charge on any atom is 0.0166 e. The van der Waals surface area contributed by atoms with Crippen molar-refractivity contribution in [3.8, 4) is 0 Å². The minimum atomic E-state index is 0.219. The molecule has 17 heavy (non-hydrogen) atoms. The highest BCUT2D eigenvalue weighted by Gasteiger charge is 2.33. The van der Waals surface area contributed by atoms with Crippen LogP contribution in [0.5, 0.6) is 0 Å². The SMILES string of the molecule is C=CCN(C1CC1)C(C)C(C)CNC(C)(C)C. The fraction of sp³-hybridized carbons (Fsp3) is 0.867. The Morgan fingerprint density at radius 2 is 1.94 bits per heavy atom. The van der Waals surface area contributed by atoms with E-state index in [2.05, 4.69) is 51.4 Å². The smallest absolute Gasteiger partial charge is 0.0166 e. The van der Waals surface area contributed by atoms with Crippen molar-refractivity contribution in [1.29, 1.82) is 0 Å². The minimum absolute atomic E-state index is 0.219. The molecule has 2 unspecified atom stereocenters. The predicted octanol–water partition coefficient (Wildman–Crippen LogP) is 3.05. The van der Waals surface area contributed by atoms with Crippen LogP contribution in [0.15, 0.2) is 12.7 Å². The Morgan fingerprint density at radius 1 is 1.35 bits per heavy atom. The van der Waals surface area contributed by atoms with Crippen LogP contribution in [-0.4, -0.2) is 35.6 Å². The summed E-state index contributed by atoms with van der Waals surface area (Å²) < 4.78 is 0. The van der Waals surface area contributed by atoms with Gasteiger partial charge in [-0.3, -0.25) is 4.90 Å². The summed E-state index contributed by atoms with van der Waals surface area (Å²) in [5, 5.41) is 3.61. The molecule has 0 saturated heterocycles. The largest absolute Gasteiger partial charge is 0.312 e. The lowest BCUT2D eigenvalue weighted by atomic mass is 9.99. The van der Waals surface area contributed by atoms with Gasteiger partial charge < -0.3 is 5.32 Å². The van der Waals surface area contributed by atoms with E-state index in [1.54, 1.807) is 0 Å². The molecule has 0 spiro atoms. The molecule has 0 aromatic heterocycles. The molecule has 0 aliphatic heterocycles. The fourth-order valence-corrected chi connectivity index (χ4v) is 2.17. The summed E-state index contributed by atoms with van der Waals surface area (Å²) in [4.78, 5) is 2.61. The molecule has 0 radical (unpaired) electrons. The number of nitrogens with one attached hydrogen (secondary N) is 1. The van der Waals surface area contributed by atoms with Crippen molar-refractivity contribution >= 4 is 0 Å². The lowest BCUT2D eigenvalue weighted by molar-refractivity contribution is 0.162. The van der Waals surface area contributed by atoms with Gasteiger partial charge in [-0.2, -0.15) is 0 Å². The normalized spacial score (nSPS) is 20.4. The van der Waals surface area contributed by atoms with Crippen molar-refractivity contribution in [2.45, 2.75) is 65.1 Å². The zero-order chi connectivity index (χ0) is 13.1. The molecule has 1 aliphatic carbocycles. The highest BCUT2D eigenvalue weighted by molar-refractivity contribution is 4.92. The van der Waals surface area contributed by atoms with Crippen LogP contribution in [0.4, 0.5) is 0 Å². The van der Waals surface area contributed by atoms with E-state index in [1.807, 2.05) is 6.08 Å². The second-order valence-electron chi connectivity index (χ2n) is 6.57. The van der Waals surface area contributed by atoms with E-state index < -0.39 is 0 Å². The van der Waals surface area contributed by atoms with Gasteiger partial charge in [-0.25, -0.2) is 0 Å². The molecule has 2 nitrogen and oxygen atoms in total. The number of rotatable bonds is 7. The van der Waals surface area contributed by atoms with E-state index in [9.17, 15) is 0 Å². The zero-order valence-corrected chi connectivity index (χ0v) is 12.3. The molecule has 100 valence electrons. The van der Waals surface area contributed by atoms with Crippen LogP contribution in [0.3, 0.4) is 0 Å². The van der Waals surface area contributed by atoms with Gasteiger partial charge >= 0.3 is 0 Å². The van der Waals surface area contributed by atoms with Crippen molar-refractivity contribution in [3.63, 3.8) is 0 Å². The van der Waals surface area contributed by atoms with Gasteiger partial charge in [0.05, 0.1) is 0 Å². The van der Waals surface area contributed by atoms with Crippen molar-refractivity contribution in [2.24, 2.45) is 5.92 Å². The summed E-state index contributed by atoms with van der Waals surface area (Å²) >= 11 is 0. The third-order valence-electron chi connectivity index (χ3n) is 3.66. The van der Waals surface area contributed by atoms with Crippen LogP contribution in [0, 0.1) is 5.92 Å². The molecule has 1 N–H and O–H groups in total. The molecule has 2 heteroatoms. The van der Waals surface area contributed by atoms with E-state index in [1.165, 1.54) is 12.8 Å². The van der Waals surface area contributed by atoms with E-state index in [0.717, 1.165) is 19.1 Å². The molecule has 1 fully saturated rings. The first-order chi connectivity index (χ1) is 7.85. The Hall–Kier alpha value is -0.340. The molecule has 0 heterocycles. The minimum Gasteiger partial charge on any atom is -0.312 e. The van der Waals surface area contributed by atoms with Crippen molar-refractivity contribution in [1.82, 2.24) is 10.2 Å². The van der Waals surface area contributed by atoms with Crippen LogP contribution in [0.25, 0.3) is 0 Å². The van der Waals surface area contributed by atoms with E-state index in [-0.39, 0.29) is 5.54 Å². The van der Waals surface area contributed by atoms with Gasteiger partial charge in [0.25, 0.3) is 0 Å². The van der Waals surface area contributed by atoms with Crippen LogP contribution in [-0.2, 0) is 0 Å². The lowest BCUT2D eigenvalue weighted by Gasteiger charge is -2.34. The highest BCUT2D eigenvalue weighted by Crippen LogP contribution is 2.30. The summed E-state index contributed by atoms with van der Waals surface area (Å²) in [5.74, 6) is 0.676. The first kappa shape index (κ1) is 14.7. The molecular weight excluding hydrogens is 208 g/mol. The maximum absolute atomic E-state index is 3.88. The van der Waals surface area contributed by atoms with Gasteiger partial charge in [0, 0.05) is 24.2 Å². The predicted molar refractivity (Wildman–Crippen MR) is 76.3 cm³/mol. The van der Waals surface area contributed by atoms with Crippen LogP contribution in [0.2, 0.25) is 0 Å². The number of hydrogen-bond acceptors (Lipinski definition) is 2. The second kappa shape index (κ2) is 6.01. The third-order valence-corrected chi connectivity index (χ3v) is 3.66. The van der Waals surface area contributed by atoms with Gasteiger partial charge in [0.2, 0.25) is 0 Å². The van der Waals surface area contributed by atoms with Gasteiger partial charge in [-0.05, 0) is 53.0 Å². The molecule has 0 aromatic rings. The van der Waals surface area contributed by atoms with Crippen LogP contribution < -0.4 is 5.32 Å². The zero-order valence-electron chi connectivity index (χ0n) is 12.3. The van der Waals surface area contributed by atoms with Crippen LogP contribution >= 0.6 is 0 Å². The molecule has 0 bridgehead atoms. The topological polar surface area (TPSA) is 15.3 Å². The summed E-state index contributed by atoms with van der Waals surface area (Å²) in [7, 11) is 0. The van der Waals surface area contributed by atoms with E-state index >= 15 is 0 Å². The summed E-state index contributed by atoms with van der Waals surface area (Å²) in [6.45, 7) is 17.4. The maximum atomic E-state index is 3.88. The summed E-state index contributed by atoms with van der Waals surface area (Å²) in [5.41, 5.74) is 0.219. The lowest BCUT2D eigenvalue weighted by Crippen LogP contribution is -2.46. The average Bonchev–Trinajstić information content (AvgIpc) is 3.04. The standard InChI is InChI=1S/C15H30N2/c1-7-10-17(14-8-9-14)13(3)12(2)11-16-15(4,5)6/h7,12-14,16H,1,8-11H2,2-6H3. The Balaban J connectivity index is 2.42. The van der Waals surface area contributed by atoms with Crippen LogP contribution in [0.1, 0.15) is 47.5 Å². The Labute approximate surface area is 107 Å². The van der Waals surface area contributed by atoms with Crippen molar-refractivity contribution in [2.75, 3.05) is 13.1 Å². The molecule has 1 aliphatic rings. The van der Waals surface area contributed by atoms with Gasteiger partial charge in [0.15, 0.2) is 0 Å². The van der Waals surface area contributed by atoms with Crippen molar-refractivity contribution < 1.29 is 0 Å². The third kappa shape index (κ3) is 5.22.